The summed E-state index contributed by atoms with van der Waals surface area (Å²) in [5, 5.41) is 2.99. The third-order valence-corrected chi connectivity index (χ3v) is 6.61. The number of nitrogens with one attached hydrogen (secondary N) is 1. The van der Waals surface area contributed by atoms with E-state index in [2.05, 4.69) is 40.5 Å². The highest BCUT2D eigenvalue weighted by atomic mass is 32.2. The summed E-state index contributed by atoms with van der Waals surface area (Å²) in [6.45, 7) is 0.357. The molecule has 5 nitrogen and oxygen atoms in total. The molecule has 0 bridgehead atoms. The Labute approximate surface area is 177 Å². The van der Waals surface area contributed by atoms with Crippen molar-refractivity contribution in [1.29, 1.82) is 0 Å². The molecule has 29 heavy (non-hydrogen) atoms. The minimum Gasteiger partial charge on any atom is -0.369 e. The minimum atomic E-state index is -0.373. The van der Waals surface area contributed by atoms with Crippen molar-refractivity contribution in [2.45, 2.75) is 42.5 Å². The number of likely N-dealkylation sites (N-methyl/N-ethyl adjacent to an activating group) is 1. The van der Waals surface area contributed by atoms with E-state index in [-0.39, 0.29) is 17.6 Å². The maximum atomic E-state index is 12.6. The van der Waals surface area contributed by atoms with Crippen LogP contribution in [0.2, 0.25) is 0 Å². The summed E-state index contributed by atoms with van der Waals surface area (Å²) < 4.78 is 0. The van der Waals surface area contributed by atoms with E-state index in [0.29, 0.717) is 18.5 Å². The second kappa shape index (κ2) is 10.5. The number of carbonyl (C=O) groups is 2. The quantitative estimate of drug-likeness (QED) is 0.647. The maximum Gasteiger partial charge on any atom is 0.238 e. The summed E-state index contributed by atoms with van der Waals surface area (Å²) in [4.78, 5) is 26.7. The lowest BCUT2D eigenvalue weighted by Gasteiger charge is -2.34. The normalized spacial score (nSPS) is 19.1. The zero-order chi connectivity index (χ0) is 20.6. The van der Waals surface area contributed by atoms with E-state index in [1.807, 2.05) is 31.3 Å². The molecule has 1 saturated carbocycles. The predicted molar refractivity (Wildman–Crippen MR) is 119 cm³/mol. The lowest BCUT2D eigenvalue weighted by Crippen LogP contribution is -2.39. The third-order valence-electron chi connectivity index (χ3n) is 5.52. The van der Waals surface area contributed by atoms with Gasteiger partial charge in [0.1, 0.15) is 0 Å². The molecule has 1 aliphatic rings. The number of benzene rings is 2. The van der Waals surface area contributed by atoms with Crippen LogP contribution < -0.4 is 11.1 Å². The van der Waals surface area contributed by atoms with Gasteiger partial charge in [-0.25, -0.2) is 0 Å². The zero-order valence-corrected chi connectivity index (χ0v) is 17.7. The highest BCUT2D eigenvalue weighted by Crippen LogP contribution is 2.34. The first-order chi connectivity index (χ1) is 14.0. The van der Waals surface area contributed by atoms with Crippen LogP contribution in [0.25, 0.3) is 0 Å². The van der Waals surface area contributed by atoms with Gasteiger partial charge in [0, 0.05) is 10.9 Å². The van der Waals surface area contributed by atoms with Crippen LogP contribution in [0.15, 0.2) is 59.5 Å². The van der Waals surface area contributed by atoms with Crippen LogP contribution in [0.1, 0.15) is 37.2 Å². The minimum absolute atomic E-state index is 0.0372. The Kier molecular flexibility index (Phi) is 7.72. The van der Waals surface area contributed by atoms with Gasteiger partial charge >= 0.3 is 0 Å². The van der Waals surface area contributed by atoms with Crippen LogP contribution in [0, 0.1) is 0 Å². The number of anilines is 1. The molecule has 0 aliphatic heterocycles. The fraction of sp³-hybridized carbons (Fsp3) is 0.391. The number of thioether (sulfide) groups is 1. The predicted octanol–water partition coefficient (Wildman–Crippen LogP) is 3.86. The number of nitrogens with zero attached hydrogens (tertiary/aromatic N) is 1. The average molecular weight is 412 g/mol. The van der Waals surface area contributed by atoms with Gasteiger partial charge in [-0.2, -0.15) is 0 Å². The number of amides is 2. The Morgan fingerprint density at radius 1 is 1.03 bits per heavy atom. The fourth-order valence-corrected chi connectivity index (χ4v) is 4.71. The van der Waals surface area contributed by atoms with E-state index in [0.717, 1.165) is 36.3 Å². The Morgan fingerprint density at radius 3 is 2.38 bits per heavy atom. The molecule has 2 amide bonds. The molecule has 0 atom stereocenters. The number of hydrogen-bond acceptors (Lipinski definition) is 4. The van der Waals surface area contributed by atoms with E-state index < -0.39 is 0 Å². The molecule has 0 aromatic heterocycles. The van der Waals surface area contributed by atoms with Crippen LogP contribution >= 0.6 is 11.8 Å². The molecule has 6 heteroatoms. The fourth-order valence-electron chi connectivity index (χ4n) is 3.97. The summed E-state index contributed by atoms with van der Waals surface area (Å²) in [5.41, 5.74) is 7.39. The van der Waals surface area contributed by atoms with Crippen LogP contribution in [0.5, 0.6) is 0 Å². The molecule has 3 rings (SSSR count). The van der Waals surface area contributed by atoms with Crippen molar-refractivity contribution < 1.29 is 9.59 Å². The average Bonchev–Trinajstić information content (AvgIpc) is 2.73. The number of para-hydroxylation sites is 1. The van der Waals surface area contributed by atoms with Crippen LogP contribution in [0.4, 0.5) is 5.69 Å². The number of hydrogen-bond donors (Lipinski definition) is 2. The standard InChI is InChI=1S/C23H29N3O2S/c1-26(19-13-11-18(12-14-19)17-7-3-2-4-8-17)15-23(28)25-20-9-5-6-10-21(20)29-16-22(24)27/h2-10,18-19H,11-16H2,1H3,(H2,24,27)(H,25,28). The van der Waals surface area contributed by atoms with E-state index in [9.17, 15) is 9.59 Å². The second-order valence-corrected chi connectivity index (χ2v) is 8.65. The molecule has 0 spiro atoms. The summed E-state index contributed by atoms with van der Waals surface area (Å²) in [5.74, 6) is 0.410. The Balaban J connectivity index is 1.49. The highest BCUT2D eigenvalue weighted by Gasteiger charge is 2.25. The monoisotopic (exact) mass is 411 g/mol. The molecule has 1 aliphatic carbocycles. The Hall–Kier alpha value is -2.31. The van der Waals surface area contributed by atoms with Gasteiger partial charge in [0.15, 0.2) is 0 Å². The molecular formula is C23H29N3O2S. The molecule has 2 aromatic carbocycles. The molecule has 3 N–H and O–H groups in total. The zero-order valence-electron chi connectivity index (χ0n) is 16.8. The lowest BCUT2D eigenvalue weighted by atomic mass is 9.81. The smallest absolute Gasteiger partial charge is 0.238 e. The first-order valence-electron chi connectivity index (χ1n) is 10.1. The molecule has 0 saturated heterocycles. The van der Waals surface area contributed by atoms with E-state index in [4.69, 9.17) is 5.73 Å². The summed E-state index contributed by atoms with van der Waals surface area (Å²) in [6, 6.07) is 18.6. The molecule has 0 radical (unpaired) electrons. The van der Waals surface area contributed by atoms with Gasteiger partial charge in [0.05, 0.1) is 18.0 Å². The lowest BCUT2D eigenvalue weighted by molar-refractivity contribution is -0.117. The third kappa shape index (κ3) is 6.34. The van der Waals surface area contributed by atoms with E-state index in [1.54, 1.807) is 0 Å². The van der Waals surface area contributed by atoms with Gasteiger partial charge in [-0.05, 0) is 56.3 Å². The summed E-state index contributed by atoms with van der Waals surface area (Å²) in [6.07, 6.45) is 4.53. The summed E-state index contributed by atoms with van der Waals surface area (Å²) >= 11 is 1.34. The second-order valence-electron chi connectivity index (χ2n) is 7.63. The van der Waals surface area contributed by atoms with E-state index >= 15 is 0 Å². The van der Waals surface area contributed by atoms with Gasteiger partial charge in [-0.15, -0.1) is 11.8 Å². The first-order valence-corrected chi connectivity index (χ1v) is 11.1. The van der Waals surface area contributed by atoms with Crippen molar-refractivity contribution >= 4 is 29.3 Å². The number of rotatable bonds is 8. The summed E-state index contributed by atoms with van der Waals surface area (Å²) in [7, 11) is 2.03. The van der Waals surface area contributed by atoms with Crippen molar-refractivity contribution in [2.24, 2.45) is 5.73 Å². The van der Waals surface area contributed by atoms with Gasteiger partial charge in [0.2, 0.25) is 11.8 Å². The molecule has 154 valence electrons. The molecule has 2 aromatic rings. The number of nitrogens with two attached hydrogens (primary N) is 1. The van der Waals surface area contributed by atoms with E-state index in [1.165, 1.54) is 17.3 Å². The number of carbonyl (C=O) groups excluding carboxylic acids is 2. The van der Waals surface area contributed by atoms with Crippen molar-refractivity contribution in [3.8, 4) is 0 Å². The SMILES string of the molecule is CN(CC(=O)Nc1ccccc1SCC(N)=O)C1CCC(c2ccccc2)CC1. The van der Waals surface area contributed by atoms with Crippen LogP contribution in [0.3, 0.4) is 0 Å². The Bertz CT molecular complexity index is 820. The molecule has 0 heterocycles. The molecule has 1 fully saturated rings. The molecule has 0 unspecified atom stereocenters. The maximum absolute atomic E-state index is 12.6. The van der Waals surface area contributed by atoms with Gasteiger partial charge < -0.3 is 11.1 Å². The molecular weight excluding hydrogens is 382 g/mol. The van der Waals surface area contributed by atoms with Gasteiger partial charge in [-0.3, -0.25) is 14.5 Å². The van der Waals surface area contributed by atoms with Gasteiger partial charge in [-0.1, -0.05) is 42.5 Å². The van der Waals surface area contributed by atoms with Crippen LogP contribution in [-0.4, -0.2) is 42.1 Å². The topological polar surface area (TPSA) is 75.4 Å². The van der Waals surface area contributed by atoms with Gasteiger partial charge in [0.25, 0.3) is 0 Å². The Morgan fingerprint density at radius 2 is 1.69 bits per heavy atom. The van der Waals surface area contributed by atoms with Crippen molar-refractivity contribution in [3.63, 3.8) is 0 Å². The van der Waals surface area contributed by atoms with Crippen molar-refractivity contribution in [3.05, 3.63) is 60.2 Å². The largest absolute Gasteiger partial charge is 0.369 e. The van der Waals surface area contributed by atoms with Crippen molar-refractivity contribution in [2.75, 3.05) is 24.7 Å². The first kappa shape index (κ1) is 21.4. The van der Waals surface area contributed by atoms with Crippen LogP contribution in [-0.2, 0) is 9.59 Å². The van der Waals surface area contributed by atoms with Crippen molar-refractivity contribution in [1.82, 2.24) is 4.90 Å². The number of primary amides is 1. The highest BCUT2D eigenvalue weighted by molar-refractivity contribution is 8.00.